The highest BCUT2D eigenvalue weighted by molar-refractivity contribution is 5.19. The largest absolute Gasteiger partial charge is 0.0654 e. The molecule has 0 amide bonds. The predicted octanol–water partition coefficient (Wildman–Crippen LogP) is 8.37. The summed E-state index contributed by atoms with van der Waals surface area (Å²) in [5.74, 6) is 2.42. The summed E-state index contributed by atoms with van der Waals surface area (Å²) in [6.07, 6.45) is 15.5. The van der Waals surface area contributed by atoms with Crippen molar-refractivity contribution in [2.75, 3.05) is 0 Å². The van der Waals surface area contributed by atoms with E-state index in [1.807, 2.05) is 0 Å². The Morgan fingerprint density at radius 1 is 0.708 bits per heavy atom. The maximum absolute atomic E-state index is 2.45. The van der Waals surface area contributed by atoms with Gasteiger partial charge in [-0.3, -0.25) is 0 Å². The molecule has 0 aliphatic rings. The highest BCUT2D eigenvalue weighted by Crippen LogP contribution is 2.31. The van der Waals surface area contributed by atoms with Crippen molar-refractivity contribution in [1.82, 2.24) is 0 Å². The molecule has 0 spiro atoms. The summed E-state index contributed by atoms with van der Waals surface area (Å²) < 4.78 is 0. The highest BCUT2D eigenvalue weighted by atomic mass is 14.2. The summed E-state index contributed by atoms with van der Waals surface area (Å²) in [5.41, 5.74) is 1.57. The van der Waals surface area contributed by atoms with Gasteiger partial charge in [-0.05, 0) is 42.6 Å². The second kappa shape index (κ2) is 13.5. The van der Waals surface area contributed by atoms with Gasteiger partial charge >= 0.3 is 0 Å². The topological polar surface area (TPSA) is 0 Å². The van der Waals surface area contributed by atoms with Gasteiger partial charge in [0, 0.05) is 0 Å². The average Bonchev–Trinajstić information content (AvgIpc) is 2.56. The van der Waals surface area contributed by atoms with Crippen molar-refractivity contribution in [2.45, 2.75) is 104 Å². The molecule has 1 aromatic rings. The molecule has 0 aromatic heterocycles. The van der Waals surface area contributed by atoms with Crippen LogP contribution in [-0.4, -0.2) is 0 Å². The maximum Gasteiger partial charge on any atom is -0.0159 e. The Kier molecular flexibility index (Phi) is 12.0. The van der Waals surface area contributed by atoms with E-state index in [0.717, 1.165) is 17.8 Å². The van der Waals surface area contributed by atoms with Gasteiger partial charge in [0.2, 0.25) is 0 Å². The molecule has 0 saturated heterocycles. The van der Waals surface area contributed by atoms with Gasteiger partial charge in [-0.15, -0.1) is 0 Å². The number of unbranched alkanes of at least 4 members (excludes halogenated alkanes) is 7. The second-order valence-electron chi connectivity index (χ2n) is 8.34. The molecule has 0 aliphatic carbocycles. The lowest BCUT2D eigenvalue weighted by atomic mass is 9.83. The predicted molar refractivity (Wildman–Crippen MR) is 110 cm³/mol. The van der Waals surface area contributed by atoms with Crippen LogP contribution in [0.2, 0.25) is 0 Å². The molecule has 0 heterocycles. The standard InChI is InChI=1S/C24H42/c1-5-6-7-8-9-10-11-13-18-24(20-22(4)19-21(2)3)23-16-14-12-15-17-23/h12,14-17,21-22,24H,5-11,13,18-20H2,1-4H3. The second-order valence-corrected chi connectivity index (χ2v) is 8.34. The first-order valence-corrected chi connectivity index (χ1v) is 10.7. The van der Waals surface area contributed by atoms with Gasteiger partial charge in [-0.1, -0.05) is 109 Å². The molecule has 0 radical (unpaired) electrons. The van der Waals surface area contributed by atoms with Crippen molar-refractivity contribution < 1.29 is 0 Å². The Morgan fingerprint density at radius 3 is 1.88 bits per heavy atom. The van der Waals surface area contributed by atoms with Crippen LogP contribution < -0.4 is 0 Å². The van der Waals surface area contributed by atoms with E-state index < -0.39 is 0 Å². The molecular formula is C24H42. The fourth-order valence-corrected chi connectivity index (χ4v) is 4.06. The summed E-state index contributed by atoms with van der Waals surface area (Å²) in [4.78, 5) is 0. The maximum atomic E-state index is 2.45. The zero-order chi connectivity index (χ0) is 17.6. The van der Waals surface area contributed by atoms with Crippen molar-refractivity contribution in [3.8, 4) is 0 Å². The lowest BCUT2D eigenvalue weighted by Crippen LogP contribution is -2.08. The third-order valence-electron chi connectivity index (χ3n) is 5.24. The minimum Gasteiger partial charge on any atom is -0.0654 e. The van der Waals surface area contributed by atoms with Crippen LogP contribution in [0, 0.1) is 11.8 Å². The summed E-state index contributed by atoms with van der Waals surface area (Å²) in [5, 5.41) is 0. The van der Waals surface area contributed by atoms with Crippen LogP contribution in [0.15, 0.2) is 30.3 Å². The number of hydrogen-bond donors (Lipinski definition) is 0. The third-order valence-corrected chi connectivity index (χ3v) is 5.24. The van der Waals surface area contributed by atoms with Crippen molar-refractivity contribution in [3.63, 3.8) is 0 Å². The Morgan fingerprint density at radius 2 is 1.29 bits per heavy atom. The van der Waals surface area contributed by atoms with Crippen molar-refractivity contribution >= 4 is 0 Å². The van der Waals surface area contributed by atoms with Crippen LogP contribution in [0.25, 0.3) is 0 Å². The smallest absolute Gasteiger partial charge is 0.0159 e. The van der Waals surface area contributed by atoms with Crippen LogP contribution in [0.1, 0.15) is 110 Å². The SMILES string of the molecule is CCCCCCCCCCC(CC(C)CC(C)C)c1ccccc1. The van der Waals surface area contributed by atoms with E-state index in [1.54, 1.807) is 5.56 Å². The summed E-state index contributed by atoms with van der Waals surface area (Å²) >= 11 is 0. The van der Waals surface area contributed by atoms with E-state index in [1.165, 1.54) is 70.6 Å². The monoisotopic (exact) mass is 330 g/mol. The zero-order valence-corrected chi connectivity index (χ0v) is 16.9. The van der Waals surface area contributed by atoms with E-state index in [2.05, 4.69) is 58.0 Å². The molecule has 24 heavy (non-hydrogen) atoms. The first kappa shape index (κ1) is 21.3. The fraction of sp³-hybridized carbons (Fsp3) is 0.750. The molecule has 0 aliphatic heterocycles. The molecule has 1 rings (SSSR count). The number of rotatable bonds is 14. The van der Waals surface area contributed by atoms with E-state index in [4.69, 9.17) is 0 Å². The van der Waals surface area contributed by atoms with E-state index >= 15 is 0 Å². The first-order chi connectivity index (χ1) is 11.6. The van der Waals surface area contributed by atoms with Gasteiger partial charge in [0.05, 0.1) is 0 Å². The summed E-state index contributed by atoms with van der Waals surface area (Å²) in [6, 6.07) is 11.3. The minimum atomic E-state index is 0.764. The van der Waals surface area contributed by atoms with Gasteiger partial charge in [-0.25, -0.2) is 0 Å². The van der Waals surface area contributed by atoms with Crippen molar-refractivity contribution in [1.29, 1.82) is 0 Å². The molecule has 0 nitrogen and oxygen atoms in total. The highest BCUT2D eigenvalue weighted by Gasteiger charge is 2.16. The molecule has 2 atom stereocenters. The minimum absolute atomic E-state index is 0.764. The Labute approximate surface area is 152 Å². The Bertz CT molecular complexity index is 378. The van der Waals surface area contributed by atoms with E-state index in [0.29, 0.717) is 0 Å². The third kappa shape index (κ3) is 10.2. The molecule has 138 valence electrons. The van der Waals surface area contributed by atoms with Crippen molar-refractivity contribution in [3.05, 3.63) is 35.9 Å². The fourth-order valence-electron chi connectivity index (χ4n) is 4.06. The Balaban J connectivity index is 2.34. The van der Waals surface area contributed by atoms with Gasteiger partial charge in [0.25, 0.3) is 0 Å². The van der Waals surface area contributed by atoms with E-state index in [9.17, 15) is 0 Å². The molecule has 0 fully saturated rings. The van der Waals surface area contributed by atoms with Crippen molar-refractivity contribution in [2.24, 2.45) is 11.8 Å². The number of benzene rings is 1. The summed E-state index contributed by atoms with van der Waals surface area (Å²) in [6.45, 7) is 9.45. The van der Waals surface area contributed by atoms with E-state index in [-0.39, 0.29) is 0 Å². The zero-order valence-electron chi connectivity index (χ0n) is 16.9. The van der Waals surface area contributed by atoms with Crippen LogP contribution in [0.3, 0.4) is 0 Å². The quantitative estimate of drug-likeness (QED) is 0.300. The molecule has 0 N–H and O–H groups in total. The van der Waals surface area contributed by atoms with Gasteiger partial charge < -0.3 is 0 Å². The van der Waals surface area contributed by atoms with Crippen LogP contribution in [0.5, 0.6) is 0 Å². The van der Waals surface area contributed by atoms with Gasteiger partial charge in [-0.2, -0.15) is 0 Å². The molecule has 1 aromatic carbocycles. The van der Waals surface area contributed by atoms with Crippen LogP contribution in [0.4, 0.5) is 0 Å². The van der Waals surface area contributed by atoms with Crippen LogP contribution >= 0.6 is 0 Å². The lowest BCUT2D eigenvalue weighted by molar-refractivity contribution is 0.370. The molecule has 0 bridgehead atoms. The van der Waals surface area contributed by atoms with Gasteiger partial charge in [0.15, 0.2) is 0 Å². The Hall–Kier alpha value is -0.780. The lowest BCUT2D eigenvalue weighted by Gasteiger charge is -2.23. The van der Waals surface area contributed by atoms with Crippen LogP contribution in [-0.2, 0) is 0 Å². The summed E-state index contributed by atoms with van der Waals surface area (Å²) in [7, 11) is 0. The average molecular weight is 331 g/mol. The first-order valence-electron chi connectivity index (χ1n) is 10.7. The molecule has 2 unspecified atom stereocenters. The number of hydrogen-bond acceptors (Lipinski definition) is 0. The normalized spacial score (nSPS) is 14.0. The van der Waals surface area contributed by atoms with Gasteiger partial charge in [0.1, 0.15) is 0 Å². The molecule has 0 saturated carbocycles. The molecule has 0 heteroatoms. The molecular weight excluding hydrogens is 288 g/mol.